The van der Waals surface area contributed by atoms with Crippen LogP contribution >= 0.6 is 0 Å². The first kappa shape index (κ1) is 20.7. The Morgan fingerprint density at radius 1 is 0.435 bits per heavy atom. The maximum absolute atomic E-state index is 10.0. The zero-order valence-corrected chi connectivity index (χ0v) is 15.6. The van der Waals surface area contributed by atoms with Gasteiger partial charge in [0, 0.05) is 0 Å². The molecule has 0 saturated heterocycles. The molecule has 0 aromatic heterocycles. The second-order valence-electron chi connectivity index (χ2n) is 7.58. The van der Waals surface area contributed by atoms with Gasteiger partial charge in [0.15, 0.2) is 0 Å². The first-order valence-corrected chi connectivity index (χ1v) is 10.7. The first-order valence-electron chi connectivity index (χ1n) is 10.7. The summed E-state index contributed by atoms with van der Waals surface area (Å²) >= 11 is 0. The van der Waals surface area contributed by atoms with E-state index in [1.54, 1.807) is 0 Å². The summed E-state index contributed by atoms with van der Waals surface area (Å²) in [6, 6.07) is 0. The summed E-state index contributed by atoms with van der Waals surface area (Å²) in [4.78, 5) is 0. The van der Waals surface area contributed by atoms with Crippen molar-refractivity contribution in [1.29, 1.82) is 0 Å². The van der Waals surface area contributed by atoms with Gasteiger partial charge in [0.05, 0.1) is 6.10 Å². The second-order valence-corrected chi connectivity index (χ2v) is 7.58. The Morgan fingerprint density at radius 3 is 1.13 bits per heavy atom. The summed E-state index contributed by atoms with van der Waals surface area (Å²) in [5.74, 6) is 0. The average molecular weight is 323 g/mol. The van der Waals surface area contributed by atoms with Crippen LogP contribution in [0.4, 0.5) is 0 Å². The summed E-state index contributed by atoms with van der Waals surface area (Å²) in [6.45, 7) is 0. The number of aliphatic hydroxyl groups is 1. The summed E-state index contributed by atoms with van der Waals surface area (Å²) in [5, 5.41) is 10.0. The quantitative estimate of drug-likeness (QED) is 0.463. The van der Waals surface area contributed by atoms with E-state index < -0.39 is 0 Å². The SMILES string of the molecule is OC1CCCCCCCCC/C=C/CCCCCCCCCC1. The van der Waals surface area contributed by atoms with Crippen molar-refractivity contribution in [3.63, 3.8) is 0 Å². The van der Waals surface area contributed by atoms with Gasteiger partial charge < -0.3 is 5.11 Å². The molecule has 0 amide bonds. The molecule has 1 aliphatic carbocycles. The lowest BCUT2D eigenvalue weighted by Gasteiger charge is -2.10. The van der Waals surface area contributed by atoms with Gasteiger partial charge in [0.25, 0.3) is 0 Å². The maximum atomic E-state index is 10.0. The highest BCUT2D eigenvalue weighted by Crippen LogP contribution is 2.15. The predicted molar refractivity (Wildman–Crippen MR) is 103 cm³/mol. The van der Waals surface area contributed by atoms with Crippen LogP contribution in [0.15, 0.2) is 12.2 Å². The first-order chi connectivity index (χ1) is 11.4. The molecule has 1 atom stereocenters. The highest BCUT2D eigenvalue weighted by molar-refractivity contribution is 4.81. The van der Waals surface area contributed by atoms with Crippen molar-refractivity contribution in [3.8, 4) is 0 Å². The van der Waals surface area contributed by atoms with Gasteiger partial charge in [-0.05, 0) is 38.5 Å². The predicted octanol–water partition coefficient (Wildman–Crippen LogP) is 7.33. The van der Waals surface area contributed by atoms with Gasteiger partial charge in [-0.25, -0.2) is 0 Å². The highest BCUT2D eigenvalue weighted by atomic mass is 16.3. The van der Waals surface area contributed by atoms with Gasteiger partial charge in [0.1, 0.15) is 0 Å². The number of rotatable bonds is 0. The van der Waals surface area contributed by atoms with Crippen molar-refractivity contribution < 1.29 is 5.11 Å². The Labute approximate surface area is 146 Å². The maximum Gasteiger partial charge on any atom is 0.0540 e. The Bertz CT molecular complexity index is 259. The molecule has 0 fully saturated rings. The van der Waals surface area contributed by atoms with Gasteiger partial charge in [0.2, 0.25) is 0 Å². The van der Waals surface area contributed by atoms with Crippen molar-refractivity contribution in [3.05, 3.63) is 12.2 Å². The fraction of sp³-hybridized carbons (Fsp3) is 0.909. The Kier molecular flexibility index (Phi) is 14.9. The minimum absolute atomic E-state index is 0.0281. The molecule has 23 heavy (non-hydrogen) atoms. The fourth-order valence-corrected chi connectivity index (χ4v) is 3.61. The number of hydrogen-bond acceptors (Lipinski definition) is 1. The molecule has 0 heterocycles. The van der Waals surface area contributed by atoms with E-state index >= 15 is 0 Å². The summed E-state index contributed by atoms with van der Waals surface area (Å²) in [7, 11) is 0. The standard InChI is InChI=1S/C22H42O/c23-22-20-18-16-14-12-10-8-6-4-2-1-3-5-7-9-11-13-15-17-19-21-22/h1-2,22-23H,3-21H2/b2-1+. The fourth-order valence-electron chi connectivity index (χ4n) is 3.61. The zero-order valence-electron chi connectivity index (χ0n) is 15.6. The molecule has 1 nitrogen and oxygen atoms in total. The van der Waals surface area contributed by atoms with Crippen molar-refractivity contribution in [2.24, 2.45) is 0 Å². The van der Waals surface area contributed by atoms with Crippen LogP contribution in [0.1, 0.15) is 122 Å². The van der Waals surface area contributed by atoms with E-state index in [0.717, 1.165) is 12.8 Å². The van der Waals surface area contributed by atoms with Crippen molar-refractivity contribution >= 4 is 0 Å². The summed E-state index contributed by atoms with van der Waals surface area (Å²) in [6.07, 6.45) is 29.8. The Morgan fingerprint density at radius 2 is 0.739 bits per heavy atom. The summed E-state index contributed by atoms with van der Waals surface area (Å²) in [5.41, 5.74) is 0. The summed E-state index contributed by atoms with van der Waals surface area (Å²) < 4.78 is 0. The molecule has 136 valence electrons. The largest absolute Gasteiger partial charge is 0.393 e. The molecule has 0 radical (unpaired) electrons. The highest BCUT2D eigenvalue weighted by Gasteiger charge is 2.03. The zero-order chi connectivity index (χ0) is 16.4. The molecule has 0 aromatic rings. The van der Waals surface area contributed by atoms with E-state index in [9.17, 15) is 5.11 Å². The topological polar surface area (TPSA) is 20.2 Å². The molecule has 1 unspecified atom stereocenters. The lowest BCUT2D eigenvalue weighted by Crippen LogP contribution is -2.05. The third-order valence-electron chi connectivity index (χ3n) is 5.23. The van der Waals surface area contributed by atoms with Crippen LogP contribution in [-0.2, 0) is 0 Å². The van der Waals surface area contributed by atoms with E-state index in [0.29, 0.717) is 0 Å². The molecule has 0 saturated carbocycles. The minimum atomic E-state index is -0.0281. The minimum Gasteiger partial charge on any atom is -0.393 e. The Hall–Kier alpha value is -0.300. The molecular weight excluding hydrogens is 280 g/mol. The second kappa shape index (κ2) is 16.6. The van der Waals surface area contributed by atoms with Crippen molar-refractivity contribution in [2.45, 2.75) is 128 Å². The molecular formula is C22H42O. The van der Waals surface area contributed by atoms with E-state index in [-0.39, 0.29) is 6.10 Å². The smallest absolute Gasteiger partial charge is 0.0540 e. The number of aliphatic hydroxyl groups excluding tert-OH is 1. The van der Waals surface area contributed by atoms with Gasteiger partial charge in [-0.3, -0.25) is 0 Å². The number of allylic oxidation sites excluding steroid dienone is 2. The van der Waals surface area contributed by atoms with E-state index in [2.05, 4.69) is 12.2 Å². The number of hydrogen-bond donors (Lipinski definition) is 1. The lowest BCUT2D eigenvalue weighted by atomic mass is 10.0. The van der Waals surface area contributed by atoms with E-state index in [4.69, 9.17) is 0 Å². The molecule has 1 N–H and O–H groups in total. The Balaban J connectivity index is 2.12. The van der Waals surface area contributed by atoms with Crippen LogP contribution in [0, 0.1) is 0 Å². The van der Waals surface area contributed by atoms with Crippen LogP contribution < -0.4 is 0 Å². The van der Waals surface area contributed by atoms with Crippen LogP contribution in [0.5, 0.6) is 0 Å². The van der Waals surface area contributed by atoms with Gasteiger partial charge in [-0.2, -0.15) is 0 Å². The molecule has 1 aliphatic rings. The van der Waals surface area contributed by atoms with Crippen LogP contribution in [-0.4, -0.2) is 11.2 Å². The average Bonchev–Trinajstić information content (AvgIpc) is 2.55. The molecule has 0 spiro atoms. The van der Waals surface area contributed by atoms with Gasteiger partial charge in [-0.1, -0.05) is 95.6 Å². The monoisotopic (exact) mass is 322 g/mol. The third-order valence-corrected chi connectivity index (χ3v) is 5.23. The lowest BCUT2D eigenvalue weighted by molar-refractivity contribution is 0.147. The van der Waals surface area contributed by atoms with Gasteiger partial charge >= 0.3 is 0 Å². The van der Waals surface area contributed by atoms with Crippen LogP contribution in [0.25, 0.3) is 0 Å². The van der Waals surface area contributed by atoms with Gasteiger partial charge in [-0.15, -0.1) is 0 Å². The molecule has 0 bridgehead atoms. The van der Waals surface area contributed by atoms with E-state index in [1.165, 1.54) is 109 Å². The molecule has 1 rings (SSSR count). The molecule has 0 aromatic carbocycles. The van der Waals surface area contributed by atoms with Crippen molar-refractivity contribution in [1.82, 2.24) is 0 Å². The van der Waals surface area contributed by atoms with Crippen molar-refractivity contribution in [2.75, 3.05) is 0 Å². The van der Waals surface area contributed by atoms with Crippen LogP contribution in [0.2, 0.25) is 0 Å². The normalized spacial score (nSPS) is 27.4. The van der Waals surface area contributed by atoms with Crippen LogP contribution in [0.3, 0.4) is 0 Å². The molecule has 1 heteroatoms. The third kappa shape index (κ3) is 15.0. The molecule has 0 aliphatic heterocycles. The van der Waals surface area contributed by atoms with E-state index in [1.807, 2.05) is 0 Å².